The summed E-state index contributed by atoms with van der Waals surface area (Å²) in [5.74, 6) is 0.230. The summed E-state index contributed by atoms with van der Waals surface area (Å²) in [5.41, 5.74) is 1.11. The molecular weight excluding hydrogens is 385 g/mol. The molecule has 2 unspecified atom stereocenters. The molecule has 0 bridgehead atoms. The number of nitrogens with one attached hydrogen (secondary N) is 1. The first-order valence-electron chi connectivity index (χ1n) is 8.29. The predicted octanol–water partition coefficient (Wildman–Crippen LogP) is 5.20. The first-order chi connectivity index (χ1) is 11.7. The Morgan fingerprint density at radius 3 is 2.32 bits per heavy atom. The van der Waals surface area contributed by atoms with Gasteiger partial charge < -0.3 is 14.2 Å². The highest BCUT2D eigenvalue weighted by Crippen LogP contribution is 2.37. The molecule has 0 spiro atoms. The minimum atomic E-state index is -1.89. The minimum Gasteiger partial charge on any atom is -0.448 e. The van der Waals surface area contributed by atoms with Crippen molar-refractivity contribution in [1.29, 1.82) is 5.41 Å². The van der Waals surface area contributed by atoms with Crippen molar-refractivity contribution in [2.45, 2.75) is 43.6 Å². The van der Waals surface area contributed by atoms with E-state index in [-0.39, 0.29) is 17.9 Å². The Kier molecular flexibility index (Phi) is 7.41. The molecular formula is C18H24Cl3NO3. The zero-order valence-corrected chi connectivity index (χ0v) is 16.8. The molecule has 1 fully saturated rings. The quantitative estimate of drug-likeness (QED) is 0.414. The predicted molar refractivity (Wildman–Crippen MR) is 101 cm³/mol. The van der Waals surface area contributed by atoms with Gasteiger partial charge in [-0.1, -0.05) is 85.9 Å². The second-order valence-electron chi connectivity index (χ2n) is 6.57. The van der Waals surface area contributed by atoms with E-state index >= 15 is 0 Å². The lowest BCUT2D eigenvalue weighted by Crippen LogP contribution is -2.49. The van der Waals surface area contributed by atoms with Gasteiger partial charge in [0.1, 0.15) is 0 Å². The van der Waals surface area contributed by atoms with E-state index in [9.17, 15) is 0 Å². The normalized spacial score (nSPS) is 30.1. The molecule has 0 saturated carbocycles. The van der Waals surface area contributed by atoms with Crippen molar-refractivity contribution in [3.05, 3.63) is 35.9 Å². The highest BCUT2D eigenvalue weighted by Gasteiger charge is 2.42. The van der Waals surface area contributed by atoms with Crippen LogP contribution in [0.15, 0.2) is 30.3 Å². The zero-order valence-electron chi connectivity index (χ0n) is 14.5. The third kappa shape index (κ3) is 5.73. The lowest BCUT2D eigenvalue weighted by molar-refractivity contribution is -0.230. The van der Waals surface area contributed by atoms with Crippen LogP contribution in [0.25, 0.3) is 0 Å². The summed E-state index contributed by atoms with van der Waals surface area (Å²) in [4.78, 5) is 0. The summed E-state index contributed by atoms with van der Waals surface area (Å²) in [5, 5.41) is 7.77. The van der Waals surface area contributed by atoms with Gasteiger partial charge in [-0.05, 0) is 17.4 Å². The van der Waals surface area contributed by atoms with Gasteiger partial charge in [0.2, 0.25) is 12.2 Å². The van der Waals surface area contributed by atoms with Crippen LogP contribution in [-0.2, 0) is 20.8 Å². The highest BCUT2D eigenvalue weighted by atomic mass is 35.6. The van der Waals surface area contributed by atoms with Gasteiger partial charge in [0.25, 0.3) is 3.79 Å². The standard InChI is InChI=1S/C18H24Cl3NO3/c1-11-12(2)15(10-23-9-14-7-5-4-6-8-14)24-16(13(11)3)25-17(22)18(19,20)21/h4-8,11-13,15-16,22H,9-10H2,1-3H3/t11-,12+,13?,15?,16+/m0/s1. The van der Waals surface area contributed by atoms with E-state index in [2.05, 4.69) is 13.8 Å². The molecule has 1 aromatic carbocycles. The summed E-state index contributed by atoms with van der Waals surface area (Å²) in [6.07, 6.45) is -0.789. The molecule has 25 heavy (non-hydrogen) atoms. The van der Waals surface area contributed by atoms with Crippen molar-refractivity contribution >= 4 is 40.7 Å². The SMILES string of the molecule is CC1[C@@H](OC(=N)C(Cl)(Cl)Cl)OC(COCc2ccccc2)[C@H](C)[C@@H]1C. The average Bonchev–Trinajstić information content (AvgIpc) is 2.56. The number of alkyl halides is 3. The van der Waals surface area contributed by atoms with Gasteiger partial charge in [-0.3, -0.25) is 5.41 Å². The van der Waals surface area contributed by atoms with Crippen LogP contribution in [0.2, 0.25) is 0 Å². The van der Waals surface area contributed by atoms with E-state index in [0.29, 0.717) is 19.1 Å². The fourth-order valence-electron chi connectivity index (χ4n) is 2.86. The van der Waals surface area contributed by atoms with Crippen molar-refractivity contribution in [3.63, 3.8) is 0 Å². The van der Waals surface area contributed by atoms with Crippen LogP contribution in [0.3, 0.4) is 0 Å². The maximum absolute atomic E-state index is 7.77. The molecule has 1 heterocycles. The van der Waals surface area contributed by atoms with Crippen LogP contribution in [0.5, 0.6) is 0 Å². The van der Waals surface area contributed by atoms with E-state index in [1.807, 2.05) is 37.3 Å². The Morgan fingerprint density at radius 1 is 1.08 bits per heavy atom. The Hall–Kier alpha value is -0.520. The Labute approximate surface area is 164 Å². The lowest BCUT2D eigenvalue weighted by Gasteiger charge is -2.43. The van der Waals surface area contributed by atoms with Gasteiger partial charge in [0, 0.05) is 5.92 Å². The average molecular weight is 409 g/mol. The number of hydrogen-bond donors (Lipinski definition) is 1. The number of halogens is 3. The number of hydrogen-bond acceptors (Lipinski definition) is 4. The van der Waals surface area contributed by atoms with Crippen LogP contribution in [0.1, 0.15) is 26.3 Å². The molecule has 0 aliphatic carbocycles. The number of ether oxygens (including phenoxy) is 3. The second kappa shape index (κ2) is 8.92. The molecule has 1 aliphatic heterocycles. The first kappa shape index (κ1) is 20.8. The van der Waals surface area contributed by atoms with Crippen molar-refractivity contribution in [1.82, 2.24) is 0 Å². The van der Waals surface area contributed by atoms with Gasteiger partial charge in [-0.15, -0.1) is 0 Å². The van der Waals surface area contributed by atoms with Crippen LogP contribution in [0.4, 0.5) is 0 Å². The van der Waals surface area contributed by atoms with Gasteiger partial charge in [-0.2, -0.15) is 0 Å². The Morgan fingerprint density at radius 2 is 1.72 bits per heavy atom. The molecule has 4 nitrogen and oxygen atoms in total. The smallest absolute Gasteiger partial charge is 0.265 e. The van der Waals surface area contributed by atoms with Gasteiger partial charge in [0.05, 0.1) is 19.3 Å². The molecule has 1 N–H and O–H groups in total. The molecule has 1 aromatic rings. The summed E-state index contributed by atoms with van der Waals surface area (Å²) in [7, 11) is 0. The van der Waals surface area contributed by atoms with Gasteiger partial charge >= 0.3 is 0 Å². The molecule has 140 valence electrons. The molecule has 5 atom stereocenters. The van der Waals surface area contributed by atoms with Crippen LogP contribution >= 0.6 is 34.8 Å². The van der Waals surface area contributed by atoms with Crippen molar-refractivity contribution in [2.75, 3.05) is 6.61 Å². The van der Waals surface area contributed by atoms with Crippen LogP contribution in [0, 0.1) is 23.2 Å². The second-order valence-corrected chi connectivity index (χ2v) is 8.85. The third-order valence-electron chi connectivity index (χ3n) is 4.87. The fourth-order valence-corrected chi connectivity index (χ4v) is 3.00. The summed E-state index contributed by atoms with van der Waals surface area (Å²) < 4.78 is 15.4. The summed E-state index contributed by atoms with van der Waals surface area (Å²) in [6.45, 7) is 7.24. The van der Waals surface area contributed by atoms with Gasteiger partial charge in [-0.25, -0.2) is 0 Å². The summed E-state index contributed by atoms with van der Waals surface area (Å²) in [6, 6.07) is 9.97. The summed E-state index contributed by atoms with van der Waals surface area (Å²) >= 11 is 17.1. The zero-order chi connectivity index (χ0) is 18.6. The Balaban J connectivity index is 1.94. The van der Waals surface area contributed by atoms with E-state index in [4.69, 9.17) is 54.4 Å². The van der Waals surface area contributed by atoms with Crippen molar-refractivity contribution in [2.24, 2.45) is 17.8 Å². The number of rotatable bonds is 5. The molecule has 2 rings (SSSR count). The van der Waals surface area contributed by atoms with Crippen LogP contribution in [-0.4, -0.2) is 28.7 Å². The first-order valence-corrected chi connectivity index (χ1v) is 9.43. The highest BCUT2D eigenvalue weighted by molar-refractivity contribution is 6.76. The van der Waals surface area contributed by atoms with E-state index in [1.54, 1.807) is 0 Å². The third-order valence-corrected chi connectivity index (χ3v) is 5.38. The topological polar surface area (TPSA) is 51.5 Å². The van der Waals surface area contributed by atoms with Crippen molar-refractivity contribution in [3.8, 4) is 0 Å². The molecule has 1 saturated heterocycles. The molecule has 0 radical (unpaired) electrons. The largest absolute Gasteiger partial charge is 0.448 e. The lowest BCUT2D eigenvalue weighted by atomic mass is 9.79. The van der Waals surface area contributed by atoms with E-state index in [0.717, 1.165) is 5.56 Å². The van der Waals surface area contributed by atoms with E-state index in [1.165, 1.54) is 0 Å². The van der Waals surface area contributed by atoms with Crippen LogP contribution < -0.4 is 0 Å². The van der Waals surface area contributed by atoms with Gasteiger partial charge in [0.15, 0.2) is 0 Å². The maximum Gasteiger partial charge on any atom is 0.265 e. The minimum absolute atomic E-state index is 0.0630. The molecule has 0 aromatic heterocycles. The molecule has 7 heteroatoms. The number of benzene rings is 1. The monoisotopic (exact) mass is 407 g/mol. The molecule has 0 amide bonds. The maximum atomic E-state index is 7.77. The van der Waals surface area contributed by atoms with E-state index < -0.39 is 16.0 Å². The fraction of sp³-hybridized carbons (Fsp3) is 0.611. The molecule has 1 aliphatic rings. The Bertz CT molecular complexity index is 564. The van der Waals surface area contributed by atoms with Crippen molar-refractivity contribution < 1.29 is 14.2 Å².